The summed E-state index contributed by atoms with van der Waals surface area (Å²) in [5, 5.41) is 0. The second-order valence-electron chi connectivity index (χ2n) is 3.40. The van der Waals surface area contributed by atoms with E-state index >= 15 is 0 Å². The Morgan fingerprint density at radius 1 is 1.54 bits per heavy atom. The van der Waals surface area contributed by atoms with E-state index in [4.69, 9.17) is 4.84 Å². The van der Waals surface area contributed by atoms with Crippen LogP contribution in [0.1, 0.15) is 34.1 Å². The average molecular weight is 185 g/mol. The molecule has 0 aromatic carbocycles. The quantitative estimate of drug-likeness (QED) is 0.526. The molecule has 0 saturated carbocycles. The maximum Gasteiger partial charge on any atom is 0.352 e. The summed E-state index contributed by atoms with van der Waals surface area (Å²) in [5.41, 5.74) is 3.19. The Labute approximate surface area is 80.1 Å². The van der Waals surface area contributed by atoms with Gasteiger partial charge < -0.3 is 4.84 Å². The molecule has 0 rings (SSSR count). The molecule has 3 heteroatoms. The third-order valence-electron chi connectivity index (χ3n) is 1.53. The Hall–Kier alpha value is -0.830. The van der Waals surface area contributed by atoms with Crippen molar-refractivity contribution in [1.82, 2.24) is 5.48 Å². The lowest BCUT2D eigenvalue weighted by Crippen LogP contribution is -2.19. The lowest BCUT2D eigenvalue weighted by Gasteiger charge is -2.04. The smallest absolute Gasteiger partial charge is 0.352 e. The van der Waals surface area contributed by atoms with Crippen molar-refractivity contribution in [3.05, 3.63) is 11.6 Å². The molecule has 0 heterocycles. The van der Waals surface area contributed by atoms with E-state index in [9.17, 15) is 4.79 Å². The van der Waals surface area contributed by atoms with Crippen molar-refractivity contribution >= 4 is 5.97 Å². The standard InChI is InChI=1S/C10H19NO2/c1-5-11-13-10(12)9(4)7-6-8(2)3/h7-8,11H,5-6H2,1-4H3. The number of hydrogen-bond donors (Lipinski definition) is 1. The summed E-state index contributed by atoms with van der Waals surface area (Å²) in [6.45, 7) is 8.49. The normalized spacial score (nSPS) is 11.9. The van der Waals surface area contributed by atoms with E-state index in [1.165, 1.54) is 0 Å². The molecule has 0 fully saturated rings. The van der Waals surface area contributed by atoms with Gasteiger partial charge in [0.15, 0.2) is 0 Å². The van der Waals surface area contributed by atoms with Gasteiger partial charge >= 0.3 is 5.97 Å². The molecule has 0 aliphatic rings. The average Bonchev–Trinajstić information content (AvgIpc) is 2.10. The summed E-state index contributed by atoms with van der Waals surface area (Å²) < 4.78 is 0. The summed E-state index contributed by atoms with van der Waals surface area (Å²) in [6.07, 6.45) is 2.82. The van der Waals surface area contributed by atoms with Crippen LogP contribution in [0, 0.1) is 5.92 Å². The summed E-state index contributed by atoms with van der Waals surface area (Å²) >= 11 is 0. The zero-order valence-electron chi connectivity index (χ0n) is 8.89. The minimum Gasteiger partial charge on any atom is -0.367 e. The molecule has 0 bridgehead atoms. The van der Waals surface area contributed by atoms with Gasteiger partial charge in [0.1, 0.15) is 0 Å². The minimum absolute atomic E-state index is 0.289. The first-order valence-corrected chi connectivity index (χ1v) is 4.68. The SMILES string of the molecule is CCNOC(=O)C(C)=CCC(C)C. The van der Waals surface area contributed by atoms with Crippen molar-refractivity contribution in [1.29, 1.82) is 0 Å². The molecule has 0 spiro atoms. The predicted molar refractivity (Wildman–Crippen MR) is 53.0 cm³/mol. The number of carbonyl (C=O) groups is 1. The predicted octanol–water partition coefficient (Wildman–Crippen LogP) is 2.05. The second-order valence-corrected chi connectivity index (χ2v) is 3.40. The highest BCUT2D eigenvalue weighted by molar-refractivity contribution is 5.87. The first-order chi connectivity index (χ1) is 6.07. The fraction of sp³-hybridized carbons (Fsp3) is 0.700. The van der Waals surface area contributed by atoms with Gasteiger partial charge in [-0.05, 0) is 26.2 Å². The number of nitrogens with one attached hydrogen (secondary N) is 1. The third-order valence-corrected chi connectivity index (χ3v) is 1.53. The van der Waals surface area contributed by atoms with Crippen LogP contribution in [0.25, 0.3) is 0 Å². The highest BCUT2D eigenvalue weighted by Crippen LogP contribution is 2.04. The fourth-order valence-corrected chi connectivity index (χ4v) is 0.714. The lowest BCUT2D eigenvalue weighted by molar-refractivity contribution is -0.146. The van der Waals surface area contributed by atoms with Crippen LogP contribution in [-0.4, -0.2) is 12.5 Å². The zero-order chi connectivity index (χ0) is 10.3. The second kappa shape index (κ2) is 6.66. The molecule has 0 amide bonds. The van der Waals surface area contributed by atoms with Crippen molar-refractivity contribution in [2.24, 2.45) is 5.92 Å². The van der Waals surface area contributed by atoms with Crippen LogP contribution in [0.4, 0.5) is 0 Å². The van der Waals surface area contributed by atoms with Crippen LogP contribution in [-0.2, 0) is 9.63 Å². The van der Waals surface area contributed by atoms with E-state index in [0.717, 1.165) is 6.42 Å². The van der Waals surface area contributed by atoms with Gasteiger partial charge in [0, 0.05) is 12.1 Å². The molecule has 0 aliphatic heterocycles. The van der Waals surface area contributed by atoms with E-state index in [1.807, 2.05) is 13.0 Å². The van der Waals surface area contributed by atoms with Crippen LogP contribution >= 0.6 is 0 Å². The molecule has 0 aromatic rings. The largest absolute Gasteiger partial charge is 0.367 e. The van der Waals surface area contributed by atoms with Crippen LogP contribution in [0.5, 0.6) is 0 Å². The number of hydroxylamine groups is 1. The number of allylic oxidation sites excluding steroid dienone is 1. The summed E-state index contributed by atoms with van der Waals surface area (Å²) in [5.74, 6) is 0.282. The minimum atomic E-state index is -0.289. The molecular formula is C10H19NO2. The van der Waals surface area contributed by atoms with E-state index in [-0.39, 0.29) is 5.97 Å². The molecule has 3 nitrogen and oxygen atoms in total. The van der Waals surface area contributed by atoms with Gasteiger partial charge in [-0.2, -0.15) is 5.48 Å². The molecule has 0 saturated heterocycles. The fourth-order valence-electron chi connectivity index (χ4n) is 0.714. The van der Waals surface area contributed by atoms with Gasteiger partial charge in [0.05, 0.1) is 0 Å². The number of rotatable bonds is 5. The van der Waals surface area contributed by atoms with Gasteiger partial charge in [-0.3, -0.25) is 0 Å². The maximum atomic E-state index is 11.2. The first-order valence-electron chi connectivity index (χ1n) is 4.68. The van der Waals surface area contributed by atoms with Gasteiger partial charge in [0.2, 0.25) is 0 Å². The number of hydrogen-bond acceptors (Lipinski definition) is 3. The molecule has 76 valence electrons. The summed E-state index contributed by atoms with van der Waals surface area (Å²) in [6, 6.07) is 0. The Kier molecular flexibility index (Phi) is 6.24. The topological polar surface area (TPSA) is 38.3 Å². The molecule has 0 radical (unpaired) electrons. The maximum absolute atomic E-state index is 11.2. The lowest BCUT2D eigenvalue weighted by atomic mass is 10.1. The van der Waals surface area contributed by atoms with Crippen molar-refractivity contribution < 1.29 is 9.63 Å². The molecule has 0 unspecified atom stereocenters. The molecule has 13 heavy (non-hydrogen) atoms. The molecule has 0 aliphatic carbocycles. The molecule has 1 N–H and O–H groups in total. The van der Waals surface area contributed by atoms with E-state index < -0.39 is 0 Å². The third kappa shape index (κ3) is 6.34. The van der Waals surface area contributed by atoms with Gasteiger partial charge in [-0.1, -0.05) is 19.9 Å². The highest BCUT2D eigenvalue weighted by atomic mass is 16.7. The number of carbonyl (C=O) groups excluding carboxylic acids is 1. The Morgan fingerprint density at radius 2 is 2.15 bits per heavy atom. The van der Waals surface area contributed by atoms with Crippen molar-refractivity contribution in [2.75, 3.05) is 6.54 Å². The van der Waals surface area contributed by atoms with E-state index in [2.05, 4.69) is 19.3 Å². The van der Waals surface area contributed by atoms with Crippen molar-refractivity contribution in [3.63, 3.8) is 0 Å². The molecule has 0 atom stereocenters. The summed E-state index contributed by atoms with van der Waals surface area (Å²) in [7, 11) is 0. The van der Waals surface area contributed by atoms with Gasteiger partial charge in [-0.15, -0.1) is 0 Å². The Morgan fingerprint density at radius 3 is 2.62 bits per heavy atom. The van der Waals surface area contributed by atoms with Crippen LogP contribution in [0.3, 0.4) is 0 Å². The Balaban J connectivity index is 3.86. The van der Waals surface area contributed by atoms with Crippen molar-refractivity contribution in [2.45, 2.75) is 34.1 Å². The summed E-state index contributed by atoms with van der Waals surface area (Å²) in [4.78, 5) is 15.9. The van der Waals surface area contributed by atoms with E-state index in [0.29, 0.717) is 18.0 Å². The van der Waals surface area contributed by atoms with Crippen LogP contribution < -0.4 is 5.48 Å². The van der Waals surface area contributed by atoms with Crippen molar-refractivity contribution in [3.8, 4) is 0 Å². The monoisotopic (exact) mass is 185 g/mol. The van der Waals surface area contributed by atoms with Crippen LogP contribution in [0.2, 0.25) is 0 Å². The first kappa shape index (κ1) is 12.2. The van der Waals surface area contributed by atoms with Gasteiger partial charge in [0.25, 0.3) is 0 Å². The van der Waals surface area contributed by atoms with Gasteiger partial charge in [-0.25, -0.2) is 4.79 Å². The molecule has 0 aromatic heterocycles. The van der Waals surface area contributed by atoms with E-state index in [1.54, 1.807) is 6.92 Å². The zero-order valence-corrected chi connectivity index (χ0v) is 8.89. The van der Waals surface area contributed by atoms with Crippen LogP contribution in [0.15, 0.2) is 11.6 Å². The Bertz CT molecular complexity index is 185. The highest BCUT2D eigenvalue weighted by Gasteiger charge is 2.04. The molecular weight excluding hydrogens is 166 g/mol.